The van der Waals surface area contributed by atoms with Gasteiger partial charge in [0.1, 0.15) is 0 Å². The van der Waals surface area contributed by atoms with E-state index in [2.05, 4.69) is 4.98 Å². The van der Waals surface area contributed by atoms with Crippen LogP contribution in [0.5, 0.6) is 0 Å². The summed E-state index contributed by atoms with van der Waals surface area (Å²) in [5.41, 5.74) is 3.27. The van der Waals surface area contributed by atoms with Crippen LogP contribution in [0, 0.1) is 0 Å². The Morgan fingerprint density at radius 2 is 1.96 bits per heavy atom. The van der Waals surface area contributed by atoms with Crippen molar-refractivity contribution in [2.75, 3.05) is 6.54 Å². The fourth-order valence-electron chi connectivity index (χ4n) is 2.25. The van der Waals surface area contributed by atoms with Crippen molar-refractivity contribution in [1.29, 1.82) is 0 Å². The van der Waals surface area contributed by atoms with Crippen LogP contribution in [-0.4, -0.2) is 29.1 Å². The average molecular weight is 329 g/mol. The molecular weight excluding hydrogens is 314 g/mol. The normalized spacial score (nSPS) is 12.2. The van der Waals surface area contributed by atoms with Crippen molar-refractivity contribution in [3.63, 3.8) is 0 Å². The van der Waals surface area contributed by atoms with E-state index >= 15 is 0 Å². The second-order valence-corrected chi connectivity index (χ2v) is 6.68. The number of hydrogen-bond donors (Lipinski definition) is 2. The summed E-state index contributed by atoms with van der Waals surface area (Å²) in [6, 6.07) is 11.8. The fourth-order valence-corrected chi connectivity index (χ4v) is 3.56. The predicted molar refractivity (Wildman–Crippen MR) is 87.6 cm³/mol. The number of aromatic nitrogens is 2. The third-order valence-electron chi connectivity index (χ3n) is 3.37. The molecule has 6 nitrogen and oxygen atoms in total. The maximum absolute atomic E-state index is 12.7. The topological polar surface area (TPSA) is 84.2 Å². The molecule has 0 aliphatic rings. The Labute approximate surface area is 133 Å². The summed E-state index contributed by atoms with van der Waals surface area (Å²) >= 11 is 0. The minimum Gasteiger partial charge on any atom is -0.317 e. The van der Waals surface area contributed by atoms with Gasteiger partial charge in [0, 0.05) is 24.3 Å². The van der Waals surface area contributed by atoms with Crippen LogP contribution in [0.15, 0.2) is 65.8 Å². The average Bonchev–Trinajstić information content (AvgIpc) is 3.00. The van der Waals surface area contributed by atoms with Crippen LogP contribution < -0.4 is 5.48 Å². The number of rotatable bonds is 5. The van der Waals surface area contributed by atoms with Gasteiger partial charge in [-0.2, -0.15) is 0 Å². The molecule has 23 heavy (non-hydrogen) atoms. The zero-order valence-electron chi connectivity index (χ0n) is 12.1. The molecule has 118 valence electrons. The number of nitrogens with one attached hydrogen (secondary N) is 1. The van der Waals surface area contributed by atoms with Gasteiger partial charge in [-0.1, -0.05) is 24.3 Å². The standard InChI is InChI=1S/C16H15N3O3S/c20-18-11-1-3-13-5-7-15(8-6-13)23(21,22)19-12-9-14-4-2-10-17-16(14)19/h1-10,12,18,20H,11H2/b3-1+. The highest BCUT2D eigenvalue weighted by Gasteiger charge is 2.19. The number of fused-ring (bicyclic) bond motifs is 1. The first-order valence-electron chi connectivity index (χ1n) is 6.94. The summed E-state index contributed by atoms with van der Waals surface area (Å²) in [5.74, 6) is 0. The highest BCUT2D eigenvalue weighted by Crippen LogP contribution is 2.21. The minimum absolute atomic E-state index is 0.193. The largest absolute Gasteiger partial charge is 0.317 e. The molecule has 0 unspecified atom stereocenters. The van der Waals surface area contributed by atoms with Crippen molar-refractivity contribution in [3.05, 3.63) is 66.5 Å². The van der Waals surface area contributed by atoms with E-state index in [1.54, 1.807) is 54.7 Å². The lowest BCUT2D eigenvalue weighted by atomic mass is 10.2. The van der Waals surface area contributed by atoms with E-state index in [1.807, 2.05) is 11.5 Å². The lowest BCUT2D eigenvalue weighted by molar-refractivity contribution is 0.180. The first kappa shape index (κ1) is 15.4. The van der Waals surface area contributed by atoms with Crippen LogP contribution in [0.25, 0.3) is 17.1 Å². The first-order chi connectivity index (χ1) is 11.1. The van der Waals surface area contributed by atoms with Gasteiger partial charge in [-0.3, -0.25) is 0 Å². The zero-order chi connectivity index (χ0) is 16.3. The van der Waals surface area contributed by atoms with Gasteiger partial charge in [0.05, 0.1) is 4.90 Å². The molecule has 3 aromatic rings. The van der Waals surface area contributed by atoms with Crippen LogP contribution >= 0.6 is 0 Å². The van der Waals surface area contributed by atoms with Gasteiger partial charge in [-0.15, -0.1) is 0 Å². The number of benzene rings is 1. The molecule has 0 spiro atoms. The Morgan fingerprint density at radius 1 is 1.17 bits per heavy atom. The molecule has 2 N–H and O–H groups in total. The highest BCUT2D eigenvalue weighted by atomic mass is 32.2. The molecule has 0 saturated carbocycles. The maximum atomic E-state index is 12.7. The number of hydroxylamine groups is 1. The Kier molecular flexibility index (Phi) is 4.24. The second-order valence-electron chi connectivity index (χ2n) is 4.87. The van der Waals surface area contributed by atoms with E-state index in [1.165, 1.54) is 10.2 Å². The summed E-state index contributed by atoms with van der Waals surface area (Å²) in [7, 11) is -3.69. The van der Waals surface area contributed by atoms with E-state index in [4.69, 9.17) is 5.21 Å². The molecule has 0 bridgehead atoms. The molecular formula is C16H15N3O3S. The summed E-state index contributed by atoms with van der Waals surface area (Å²) < 4.78 is 26.7. The molecule has 3 rings (SSSR count). The second kappa shape index (κ2) is 6.33. The van der Waals surface area contributed by atoms with E-state index in [-0.39, 0.29) is 4.90 Å². The number of hydrogen-bond acceptors (Lipinski definition) is 5. The van der Waals surface area contributed by atoms with Crippen molar-refractivity contribution < 1.29 is 13.6 Å². The Hall–Kier alpha value is -2.48. The van der Waals surface area contributed by atoms with Gasteiger partial charge in [0.15, 0.2) is 5.65 Å². The van der Waals surface area contributed by atoms with Gasteiger partial charge in [0.2, 0.25) is 0 Å². The van der Waals surface area contributed by atoms with Gasteiger partial charge < -0.3 is 5.21 Å². The highest BCUT2D eigenvalue weighted by molar-refractivity contribution is 7.90. The molecule has 0 aliphatic carbocycles. The monoisotopic (exact) mass is 329 g/mol. The molecule has 0 atom stereocenters. The van der Waals surface area contributed by atoms with E-state index in [0.29, 0.717) is 12.2 Å². The van der Waals surface area contributed by atoms with Crippen molar-refractivity contribution >= 4 is 27.1 Å². The van der Waals surface area contributed by atoms with E-state index in [0.717, 1.165) is 10.9 Å². The molecule has 7 heteroatoms. The zero-order valence-corrected chi connectivity index (χ0v) is 12.9. The third-order valence-corrected chi connectivity index (χ3v) is 5.05. The van der Waals surface area contributed by atoms with Crippen molar-refractivity contribution in [1.82, 2.24) is 14.4 Å². The van der Waals surface area contributed by atoms with E-state index in [9.17, 15) is 8.42 Å². The molecule has 0 fully saturated rings. The Balaban J connectivity index is 1.97. The Bertz CT molecular complexity index is 944. The quantitative estimate of drug-likeness (QED) is 0.702. The summed E-state index contributed by atoms with van der Waals surface area (Å²) in [4.78, 5) is 4.34. The van der Waals surface area contributed by atoms with Gasteiger partial charge in [-0.25, -0.2) is 22.9 Å². The number of pyridine rings is 1. The van der Waals surface area contributed by atoms with Crippen LogP contribution in [0.4, 0.5) is 0 Å². The predicted octanol–water partition coefficient (Wildman–Crippen LogP) is 2.27. The van der Waals surface area contributed by atoms with Crippen LogP contribution in [0.3, 0.4) is 0 Å². The van der Waals surface area contributed by atoms with Crippen molar-refractivity contribution in [3.8, 4) is 0 Å². The van der Waals surface area contributed by atoms with Crippen LogP contribution in [-0.2, 0) is 10.0 Å². The SMILES string of the molecule is O=S(=O)(c1ccc(/C=C/CNO)cc1)n1ccc2cccnc21. The van der Waals surface area contributed by atoms with Crippen LogP contribution in [0.2, 0.25) is 0 Å². The third kappa shape index (κ3) is 3.02. The first-order valence-corrected chi connectivity index (χ1v) is 8.38. The van der Waals surface area contributed by atoms with Gasteiger partial charge >= 0.3 is 0 Å². The lowest BCUT2D eigenvalue weighted by Gasteiger charge is -2.07. The Morgan fingerprint density at radius 3 is 2.70 bits per heavy atom. The molecule has 0 radical (unpaired) electrons. The van der Waals surface area contributed by atoms with Crippen LogP contribution in [0.1, 0.15) is 5.56 Å². The lowest BCUT2D eigenvalue weighted by Crippen LogP contribution is -2.12. The van der Waals surface area contributed by atoms with Gasteiger partial charge in [-0.05, 0) is 35.9 Å². The fraction of sp³-hybridized carbons (Fsp3) is 0.0625. The summed E-state index contributed by atoms with van der Waals surface area (Å²) in [6.45, 7) is 0.321. The molecule has 2 aromatic heterocycles. The van der Waals surface area contributed by atoms with Crippen molar-refractivity contribution in [2.24, 2.45) is 0 Å². The van der Waals surface area contributed by atoms with Crippen molar-refractivity contribution in [2.45, 2.75) is 4.90 Å². The molecule has 0 aliphatic heterocycles. The summed E-state index contributed by atoms with van der Waals surface area (Å²) in [6.07, 6.45) is 6.59. The molecule has 2 heterocycles. The number of nitrogens with zero attached hydrogens (tertiary/aromatic N) is 2. The maximum Gasteiger partial charge on any atom is 0.269 e. The van der Waals surface area contributed by atoms with E-state index < -0.39 is 10.0 Å². The smallest absolute Gasteiger partial charge is 0.269 e. The molecule has 0 saturated heterocycles. The molecule has 0 amide bonds. The summed E-state index contributed by atoms with van der Waals surface area (Å²) in [5, 5.41) is 9.27. The molecule has 1 aromatic carbocycles. The van der Waals surface area contributed by atoms with Gasteiger partial charge in [0.25, 0.3) is 10.0 Å². The minimum atomic E-state index is -3.69.